The molecule has 0 spiro atoms. The molecule has 0 atom stereocenters. The van der Waals surface area contributed by atoms with E-state index >= 15 is 0 Å². The molecule has 2 aromatic heterocycles. The fraction of sp³-hybridized carbons (Fsp3) is 0.0588. The lowest BCUT2D eigenvalue weighted by Crippen LogP contribution is -1.79. The van der Waals surface area contributed by atoms with E-state index in [0.717, 1.165) is 11.3 Å². The van der Waals surface area contributed by atoms with Gasteiger partial charge in [0.05, 0.1) is 0 Å². The normalized spacial score (nSPS) is 10.8. The van der Waals surface area contributed by atoms with Gasteiger partial charge in [-0.05, 0) is 17.7 Å². The zero-order chi connectivity index (χ0) is 16.2. The van der Waals surface area contributed by atoms with E-state index in [2.05, 4.69) is 32.5 Å². The van der Waals surface area contributed by atoms with Gasteiger partial charge in [-0.15, -0.1) is 20.4 Å². The topological polar surface area (TPSA) is 77.8 Å². The highest BCUT2D eigenvalue weighted by atomic mass is 32.2. The van der Waals surface area contributed by atoms with Crippen molar-refractivity contribution in [1.82, 2.24) is 20.4 Å². The van der Waals surface area contributed by atoms with Crippen molar-refractivity contribution in [1.29, 1.82) is 0 Å². The van der Waals surface area contributed by atoms with Crippen LogP contribution in [-0.2, 0) is 5.75 Å². The van der Waals surface area contributed by atoms with E-state index in [1.165, 1.54) is 17.3 Å². The number of hydrogen-bond acceptors (Lipinski definition) is 7. The summed E-state index contributed by atoms with van der Waals surface area (Å²) in [5.74, 6) is 1.61. The molecule has 0 saturated heterocycles. The van der Waals surface area contributed by atoms with Crippen LogP contribution in [0, 0.1) is 0 Å². The summed E-state index contributed by atoms with van der Waals surface area (Å²) in [6.07, 6.45) is 0. The van der Waals surface area contributed by atoms with E-state index in [0.29, 0.717) is 11.1 Å². The Balaban J connectivity index is 1.48. The lowest BCUT2D eigenvalue weighted by molar-refractivity contribution is 0.445. The van der Waals surface area contributed by atoms with Gasteiger partial charge in [-0.2, -0.15) is 0 Å². The molecule has 7 heteroatoms. The largest absolute Gasteiger partial charge is 0.412 e. The molecule has 0 saturated carbocycles. The number of thioether (sulfide) groups is 1. The van der Waals surface area contributed by atoms with E-state index in [1.807, 2.05) is 48.5 Å². The third kappa shape index (κ3) is 3.21. The number of aromatic nitrogens is 4. The molecule has 2 aromatic carbocycles. The van der Waals surface area contributed by atoms with Gasteiger partial charge in [0.2, 0.25) is 5.89 Å². The number of rotatable bonds is 5. The molecule has 118 valence electrons. The molecule has 0 N–H and O–H groups in total. The second-order valence-corrected chi connectivity index (χ2v) is 5.85. The molecule has 24 heavy (non-hydrogen) atoms. The summed E-state index contributed by atoms with van der Waals surface area (Å²) in [6, 6.07) is 19.6. The SMILES string of the molecule is c1ccc(CSc2nnc(-c3nnc(-c4ccccc4)o3)o2)cc1. The van der Waals surface area contributed by atoms with Crippen LogP contribution in [0.2, 0.25) is 0 Å². The van der Waals surface area contributed by atoms with E-state index in [-0.39, 0.29) is 11.8 Å². The van der Waals surface area contributed by atoms with Crippen LogP contribution in [0.4, 0.5) is 0 Å². The van der Waals surface area contributed by atoms with Crippen LogP contribution in [0.3, 0.4) is 0 Å². The van der Waals surface area contributed by atoms with Crippen LogP contribution in [0.15, 0.2) is 74.7 Å². The number of nitrogens with zero attached hydrogens (tertiary/aromatic N) is 4. The smallest absolute Gasteiger partial charge is 0.306 e. The zero-order valence-corrected chi connectivity index (χ0v) is 13.3. The molecule has 0 amide bonds. The van der Waals surface area contributed by atoms with Crippen molar-refractivity contribution in [3.8, 4) is 23.2 Å². The van der Waals surface area contributed by atoms with Crippen LogP contribution in [-0.4, -0.2) is 20.4 Å². The number of hydrogen-bond donors (Lipinski definition) is 0. The van der Waals surface area contributed by atoms with E-state index in [4.69, 9.17) is 8.83 Å². The maximum absolute atomic E-state index is 5.60. The van der Waals surface area contributed by atoms with Gasteiger partial charge < -0.3 is 8.83 Å². The van der Waals surface area contributed by atoms with Crippen molar-refractivity contribution < 1.29 is 8.83 Å². The van der Waals surface area contributed by atoms with Crippen LogP contribution < -0.4 is 0 Å². The minimum absolute atomic E-state index is 0.216. The number of benzene rings is 2. The minimum Gasteiger partial charge on any atom is -0.412 e. The van der Waals surface area contributed by atoms with Gasteiger partial charge in [0.15, 0.2) is 0 Å². The fourth-order valence-corrected chi connectivity index (χ4v) is 2.80. The van der Waals surface area contributed by atoms with Crippen molar-refractivity contribution in [2.75, 3.05) is 0 Å². The van der Waals surface area contributed by atoms with Crippen molar-refractivity contribution in [2.45, 2.75) is 11.0 Å². The Morgan fingerprint density at radius 1 is 0.667 bits per heavy atom. The molecule has 0 aliphatic carbocycles. The molecular weight excluding hydrogens is 324 g/mol. The lowest BCUT2D eigenvalue weighted by atomic mass is 10.2. The molecule has 4 aromatic rings. The van der Waals surface area contributed by atoms with Crippen molar-refractivity contribution in [3.63, 3.8) is 0 Å². The molecule has 0 bridgehead atoms. The van der Waals surface area contributed by atoms with Gasteiger partial charge in [0.25, 0.3) is 5.22 Å². The van der Waals surface area contributed by atoms with Crippen LogP contribution in [0.5, 0.6) is 0 Å². The lowest BCUT2D eigenvalue weighted by Gasteiger charge is -1.96. The van der Waals surface area contributed by atoms with Gasteiger partial charge in [0.1, 0.15) is 0 Å². The van der Waals surface area contributed by atoms with Gasteiger partial charge in [-0.1, -0.05) is 60.3 Å². The molecule has 0 radical (unpaired) electrons. The average Bonchev–Trinajstić information content (AvgIpc) is 3.31. The van der Waals surface area contributed by atoms with Crippen molar-refractivity contribution in [2.24, 2.45) is 0 Å². The maximum atomic E-state index is 5.60. The van der Waals surface area contributed by atoms with Crippen LogP contribution in [0.1, 0.15) is 5.56 Å². The van der Waals surface area contributed by atoms with Crippen LogP contribution in [0.25, 0.3) is 23.2 Å². The van der Waals surface area contributed by atoms with E-state index in [9.17, 15) is 0 Å². The summed E-state index contributed by atoms with van der Waals surface area (Å²) in [6.45, 7) is 0. The molecule has 0 fully saturated rings. The van der Waals surface area contributed by atoms with Gasteiger partial charge in [-0.3, -0.25) is 0 Å². The molecule has 4 rings (SSSR count). The predicted octanol–water partition coefficient (Wildman–Crippen LogP) is 4.08. The van der Waals surface area contributed by atoms with Crippen molar-refractivity contribution in [3.05, 3.63) is 66.2 Å². The standard InChI is InChI=1S/C17H12N4O2S/c1-3-7-12(8-4-1)11-24-17-21-20-16(23-17)15-19-18-14(22-15)13-9-5-2-6-10-13/h1-10H,11H2. The average molecular weight is 336 g/mol. The summed E-state index contributed by atoms with van der Waals surface area (Å²) >= 11 is 1.46. The Morgan fingerprint density at radius 3 is 2.08 bits per heavy atom. The Bertz CT molecular complexity index is 922. The highest BCUT2D eigenvalue weighted by molar-refractivity contribution is 7.98. The van der Waals surface area contributed by atoms with E-state index < -0.39 is 0 Å². The Hall–Kier alpha value is -2.93. The Labute approximate surface area is 141 Å². The second kappa shape index (κ2) is 6.67. The third-order valence-corrected chi connectivity index (χ3v) is 4.13. The quantitative estimate of drug-likeness (QED) is 0.508. The highest BCUT2D eigenvalue weighted by Gasteiger charge is 2.17. The summed E-state index contributed by atoms with van der Waals surface area (Å²) < 4.78 is 11.2. The Morgan fingerprint density at radius 2 is 1.29 bits per heavy atom. The first-order valence-corrected chi connectivity index (χ1v) is 8.26. The summed E-state index contributed by atoms with van der Waals surface area (Å²) in [5.41, 5.74) is 2.03. The first-order valence-electron chi connectivity index (χ1n) is 7.28. The Kier molecular flexibility index (Phi) is 4.07. The first-order chi connectivity index (χ1) is 11.9. The van der Waals surface area contributed by atoms with E-state index in [1.54, 1.807) is 0 Å². The highest BCUT2D eigenvalue weighted by Crippen LogP contribution is 2.26. The second-order valence-electron chi connectivity index (χ2n) is 4.93. The predicted molar refractivity (Wildman–Crippen MR) is 89.0 cm³/mol. The third-order valence-electron chi connectivity index (χ3n) is 3.24. The zero-order valence-electron chi connectivity index (χ0n) is 12.5. The molecular formula is C17H12N4O2S. The van der Waals surface area contributed by atoms with Crippen LogP contribution >= 0.6 is 11.8 Å². The molecule has 2 heterocycles. The molecule has 0 aliphatic heterocycles. The minimum atomic E-state index is 0.216. The summed E-state index contributed by atoms with van der Waals surface area (Å²) in [7, 11) is 0. The monoisotopic (exact) mass is 336 g/mol. The van der Waals surface area contributed by atoms with Crippen molar-refractivity contribution >= 4 is 11.8 Å². The van der Waals surface area contributed by atoms with Gasteiger partial charge in [0, 0.05) is 11.3 Å². The maximum Gasteiger partial charge on any atom is 0.306 e. The first kappa shape index (κ1) is 14.6. The molecule has 0 unspecified atom stereocenters. The summed E-state index contributed by atoms with van der Waals surface area (Å²) in [5, 5.41) is 16.4. The van der Waals surface area contributed by atoms with Gasteiger partial charge in [-0.25, -0.2) is 0 Å². The fourth-order valence-electron chi connectivity index (χ4n) is 2.08. The van der Waals surface area contributed by atoms with Gasteiger partial charge >= 0.3 is 11.8 Å². The molecule has 6 nitrogen and oxygen atoms in total. The summed E-state index contributed by atoms with van der Waals surface area (Å²) in [4.78, 5) is 0. The molecule has 0 aliphatic rings.